The molecule has 4 aromatic rings. The number of hydrazone groups is 1. The zero-order valence-corrected chi connectivity index (χ0v) is 22.4. The second-order valence-electron chi connectivity index (χ2n) is 8.57. The first kappa shape index (κ1) is 26.2. The molecule has 0 aliphatic rings. The number of hydrogen-bond acceptors (Lipinski definition) is 4. The first-order valence-electron chi connectivity index (χ1n) is 12.1. The third-order valence-corrected chi connectivity index (χ3v) is 6.60. The van der Waals surface area contributed by atoms with Crippen LogP contribution in [0.5, 0.6) is 0 Å². The molecule has 190 valence electrons. The van der Waals surface area contributed by atoms with Crippen molar-refractivity contribution < 1.29 is 14.3 Å². The first-order chi connectivity index (χ1) is 18.0. The van der Waals surface area contributed by atoms with Crippen molar-refractivity contribution in [2.45, 2.75) is 32.9 Å². The van der Waals surface area contributed by atoms with Crippen LogP contribution in [-0.4, -0.2) is 35.4 Å². The van der Waals surface area contributed by atoms with Gasteiger partial charge in [0.25, 0.3) is 5.91 Å². The molecule has 0 saturated carbocycles. The first-order valence-corrected chi connectivity index (χ1v) is 12.9. The quantitative estimate of drug-likeness (QED) is 0.207. The lowest BCUT2D eigenvalue weighted by atomic mass is 10.1. The van der Waals surface area contributed by atoms with Crippen molar-refractivity contribution >= 4 is 45.0 Å². The van der Waals surface area contributed by atoms with Crippen LogP contribution in [0.15, 0.2) is 88.4 Å². The van der Waals surface area contributed by atoms with E-state index in [1.807, 2.05) is 67.6 Å². The van der Waals surface area contributed by atoms with Crippen molar-refractivity contribution in [1.82, 2.24) is 15.3 Å². The Bertz CT molecular complexity index is 1400. The minimum atomic E-state index is -0.835. The van der Waals surface area contributed by atoms with Crippen LogP contribution in [0.3, 0.4) is 0 Å². The number of ether oxygens (including phenoxy) is 1. The lowest BCUT2D eigenvalue weighted by Gasteiger charge is -2.16. The van der Waals surface area contributed by atoms with Crippen molar-refractivity contribution in [1.29, 1.82) is 0 Å². The number of rotatable bonds is 9. The zero-order chi connectivity index (χ0) is 26.2. The molecule has 37 heavy (non-hydrogen) atoms. The van der Waals surface area contributed by atoms with Crippen LogP contribution in [0.1, 0.15) is 29.3 Å². The van der Waals surface area contributed by atoms with Gasteiger partial charge in [0.1, 0.15) is 6.04 Å². The zero-order valence-electron chi connectivity index (χ0n) is 20.8. The Balaban J connectivity index is 1.54. The molecule has 0 unspecified atom stereocenters. The molecule has 7 nitrogen and oxygen atoms in total. The van der Waals surface area contributed by atoms with Gasteiger partial charge in [-0.3, -0.25) is 4.79 Å². The van der Waals surface area contributed by atoms with E-state index in [9.17, 15) is 9.59 Å². The van der Waals surface area contributed by atoms with E-state index in [1.165, 1.54) is 5.56 Å². The van der Waals surface area contributed by atoms with Crippen molar-refractivity contribution in [3.8, 4) is 0 Å². The van der Waals surface area contributed by atoms with E-state index in [1.54, 1.807) is 13.1 Å². The lowest BCUT2D eigenvalue weighted by Crippen LogP contribution is -2.47. The Hall–Kier alpha value is -3.91. The molecule has 0 saturated heterocycles. The molecule has 3 aromatic carbocycles. The van der Waals surface area contributed by atoms with Crippen molar-refractivity contribution in [2.24, 2.45) is 5.10 Å². The number of hydrogen-bond donors (Lipinski definition) is 2. The molecule has 4 rings (SSSR count). The summed E-state index contributed by atoms with van der Waals surface area (Å²) in [5, 5.41) is 7.94. The number of para-hydroxylation sites is 1. The van der Waals surface area contributed by atoms with E-state index >= 15 is 0 Å². The fourth-order valence-corrected chi connectivity index (χ4v) is 4.47. The molecule has 0 fully saturated rings. The van der Waals surface area contributed by atoms with Gasteiger partial charge in [-0.15, -0.1) is 0 Å². The minimum Gasteiger partial charge on any atom is -0.450 e. The maximum absolute atomic E-state index is 13.0. The molecule has 0 aliphatic carbocycles. The Kier molecular flexibility index (Phi) is 8.74. The number of aromatic nitrogens is 1. The van der Waals surface area contributed by atoms with Gasteiger partial charge in [0.2, 0.25) is 0 Å². The summed E-state index contributed by atoms with van der Waals surface area (Å²) in [5.41, 5.74) is 7.73. The number of nitrogens with one attached hydrogen (secondary N) is 2. The van der Waals surface area contributed by atoms with Crippen LogP contribution in [0.4, 0.5) is 4.79 Å². The summed E-state index contributed by atoms with van der Waals surface area (Å²) in [6, 6.07) is 25.0. The summed E-state index contributed by atoms with van der Waals surface area (Å²) >= 11 is 3.49. The summed E-state index contributed by atoms with van der Waals surface area (Å²) in [6.07, 6.45) is 1.33. The molecule has 0 radical (unpaired) electrons. The standard InChI is InChI=1S/C29H29BrN4O3/c1-3-37-29(36)32-26(17-21-9-5-4-6-10-21)28(35)33-31-18-25-20(2)34(27-12-8-7-11-24(25)27)19-22-13-15-23(30)16-14-22/h4-16,18,26H,3,17,19H2,1-2H3,(H,32,36)(H,33,35)/b31-18-/t26-/m1/s1. The number of fused-ring (bicyclic) bond motifs is 1. The molecule has 1 atom stereocenters. The van der Waals surface area contributed by atoms with E-state index in [0.717, 1.165) is 32.2 Å². The number of halogens is 1. The van der Waals surface area contributed by atoms with Gasteiger partial charge in [-0.2, -0.15) is 5.10 Å². The van der Waals surface area contributed by atoms with Gasteiger partial charge in [-0.05, 0) is 43.2 Å². The Morgan fingerprint density at radius 2 is 1.70 bits per heavy atom. The minimum absolute atomic E-state index is 0.216. The lowest BCUT2D eigenvalue weighted by molar-refractivity contribution is -0.123. The average molecular weight is 561 g/mol. The van der Waals surface area contributed by atoms with Crippen molar-refractivity contribution in [3.05, 3.63) is 106 Å². The van der Waals surface area contributed by atoms with Crippen LogP contribution in [0.2, 0.25) is 0 Å². The van der Waals surface area contributed by atoms with Crippen LogP contribution in [0.25, 0.3) is 10.9 Å². The van der Waals surface area contributed by atoms with Gasteiger partial charge in [0.05, 0.1) is 12.8 Å². The Morgan fingerprint density at radius 3 is 2.43 bits per heavy atom. The van der Waals surface area contributed by atoms with Gasteiger partial charge >= 0.3 is 6.09 Å². The molecular weight excluding hydrogens is 532 g/mol. The molecule has 1 heterocycles. The highest BCUT2D eigenvalue weighted by atomic mass is 79.9. The Morgan fingerprint density at radius 1 is 1.00 bits per heavy atom. The third-order valence-electron chi connectivity index (χ3n) is 6.07. The van der Waals surface area contributed by atoms with Gasteiger partial charge < -0.3 is 14.6 Å². The van der Waals surface area contributed by atoms with Crippen LogP contribution in [-0.2, 0) is 22.5 Å². The van der Waals surface area contributed by atoms with E-state index in [0.29, 0.717) is 13.0 Å². The number of carbonyl (C=O) groups excluding carboxylic acids is 2. The Labute approximate surface area is 224 Å². The second kappa shape index (κ2) is 12.4. The van der Waals surface area contributed by atoms with Gasteiger partial charge in [-0.25, -0.2) is 10.2 Å². The average Bonchev–Trinajstić information content (AvgIpc) is 3.16. The van der Waals surface area contributed by atoms with E-state index in [2.05, 4.69) is 54.5 Å². The normalized spacial score (nSPS) is 12.0. The van der Waals surface area contributed by atoms with Crippen molar-refractivity contribution in [3.63, 3.8) is 0 Å². The number of alkyl carbamates (subject to hydrolysis) is 1. The van der Waals surface area contributed by atoms with Crippen molar-refractivity contribution in [2.75, 3.05) is 6.61 Å². The summed E-state index contributed by atoms with van der Waals surface area (Å²) in [6.45, 7) is 4.68. The molecule has 0 spiro atoms. The summed E-state index contributed by atoms with van der Waals surface area (Å²) < 4.78 is 8.26. The molecule has 2 amide bonds. The topological polar surface area (TPSA) is 84.7 Å². The SMILES string of the molecule is CCOC(=O)N[C@H](Cc1ccccc1)C(=O)N/N=C\c1c(C)n(Cc2ccc(Br)cc2)c2ccccc12. The van der Waals surface area contributed by atoms with Crippen LogP contribution >= 0.6 is 15.9 Å². The fraction of sp³-hybridized carbons (Fsp3) is 0.207. The number of carbonyl (C=O) groups is 2. The smallest absolute Gasteiger partial charge is 0.407 e. The van der Waals surface area contributed by atoms with E-state index in [-0.39, 0.29) is 6.61 Å². The van der Waals surface area contributed by atoms with Crippen LogP contribution in [0, 0.1) is 6.92 Å². The van der Waals surface area contributed by atoms with Gasteiger partial charge in [-0.1, -0.05) is 76.6 Å². The molecule has 8 heteroatoms. The highest BCUT2D eigenvalue weighted by Crippen LogP contribution is 2.26. The fourth-order valence-electron chi connectivity index (χ4n) is 4.21. The number of nitrogens with zero attached hydrogens (tertiary/aromatic N) is 2. The number of amides is 2. The van der Waals surface area contributed by atoms with Crippen LogP contribution < -0.4 is 10.7 Å². The molecule has 0 bridgehead atoms. The van der Waals surface area contributed by atoms with E-state index < -0.39 is 18.0 Å². The van der Waals surface area contributed by atoms with E-state index in [4.69, 9.17) is 4.74 Å². The second-order valence-corrected chi connectivity index (χ2v) is 9.49. The number of benzene rings is 3. The molecule has 0 aliphatic heterocycles. The maximum atomic E-state index is 13.0. The summed E-state index contributed by atoms with van der Waals surface area (Å²) in [4.78, 5) is 25.0. The molecule has 2 N–H and O–H groups in total. The molecular formula is C29H29BrN4O3. The maximum Gasteiger partial charge on any atom is 0.407 e. The predicted molar refractivity (Wildman–Crippen MR) is 150 cm³/mol. The molecule has 1 aromatic heterocycles. The monoisotopic (exact) mass is 560 g/mol. The predicted octanol–water partition coefficient (Wildman–Crippen LogP) is 5.57. The summed E-state index contributed by atoms with van der Waals surface area (Å²) in [5.74, 6) is -0.426. The van der Waals surface area contributed by atoms with Gasteiger partial charge in [0.15, 0.2) is 0 Å². The van der Waals surface area contributed by atoms with Gasteiger partial charge in [0, 0.05) is 39.6 Å². The highest BCUT2D eigenvalue weighted by Gasteiger charge is 2.22. The largest absolute Gasteiger partial charge is 0.450 e. The summed E-state index contributed by atoms with van der Waals surface area (Å²) in [7, 11) is 0. The third kappa shape index (κ3) is 6.65. The highest BCUT2D eigenvalue weighted by molar-refractivity contribution is 9.10.